The van der Waals surface area contributed by atoms with Crippen LogP contribution in [-0.2, 0) is 14.9 Å². The predicted molar refractivity (Wildman–Crippen MR) is 105 cm³/mol. The zero-order chi connectivity index (χ0) is 19.0. The van der Waals surface area contributed by atoms with Crippen LogP contribution in [0.2, 0.25) is 0 Å². The average molecular weight is 371 g/mol. The largest absolute Gasteiger partial charge is 0.493 e. The maximum absolute atomic E-state index is 12.1. The molecule has 0 radical (unpaired) electrons. The van der Waals surface area contributed by atoms with Crippen LogP contribution in [0.4, 0.5) is 5.69 Å². The Hall–Kier alpha value is -2.17. The van der Waals surface area contributed by atoms with E-state index in [1.165, 1.54) is 11.3 Å². The highest BCUT2D eigenvalue weighted by atomic mass is 16.6. The maximum Gasteiger partial charge on any atom is 0.306 e. The summed E-state index contributed by atoms with van der Waals surface area (Å²) in [6.07, 6.45) is 9.32. The molecule has 146 valence electrons. The van der Waals surface area contributed by atoms with Crippen molar-refractivity contribution in [3.8, 4) is 11.5 Å². The Morgan fingerprint density at radius 2 is 2.22 bits per heavy atom. The fraction of sp³-hybridized carbons (Fsp3) is 0.591. The molecule has 0 saturated heterocycles. The summed E-state index contributed by atoms with van der Waals surface area (Å²) in [7, 11) is 3.80. The molecule has 1 aromatic rings. The topological polar surface area (TPSA) is 48.0 Å². The molecule has 1 spiro atoms. The first-order valence-corrected chi connectivity index (χ1v) is 10.1. The Balaban J connectivity index is 1.58. The number of anilines is 1. The standard InChI is InChI=1S/C22H29NO4/c1-4-5-6-7-19(24)26-15-10-11-22-12-13-23(2)16-8-9-17(25-3)21(20(16)22)27-18(22)14-15/h8-11,15,18H,4-7,12-14H2,1-3H3/t15-,18?,22-/m0/s1. The Morgan fingerprint density at radius 1 is 1.37 bits per heavy atom. The van der Waals surface area contributed by atoms with Gasteiger partial charge >= 0.3 is 5.97 Å². The molecule has 27 heavy (non-hydrogen) atoms. The van der Waals surface area contributed by atoms with Crippen LogP contribution in [0.15, 0.2) is 24.3 Å². The van der Waals surface area contributed by atoms with Gasteiger partial charge in [0, 0.05) is 37.7 Å². The van der Waals surface area contributed by atoms with Crippen LogP contribution < -0.4 is 14.4 Å². The second-order valence-corrected chi connectivity index (χ2v) is 7.89. The molecule has 0 fully saturated rings. The third kappa shape index (κ3) is 2.97. The van der Waals surface area contributed by atoms with Crippen molar-refractivity contribution in [2.24, 2.45) is 0 Å². The van der Waals surface area contributed by atoms with Gasteiger partial charge in [0.25, 0.3) is 0 Å². The SMILES string of the molecule is CCCCCC(=O)O[C@H]1C=C[C@@]23CCN(C)c4ccc(OC)c(c42)OC3C1. The molecular formula is C22H29NO4. The zero-order valence-electron chi connectivity index (χ0n) is 16.5. The van der Waals surface area contributed by atoms with E-state index in [0.717, 1.165) is 43.7 Å². The quantitative estimate of drug-likeness (QED) is 0.430. The van der Waals surface area contributed by atoms with Crippen LogP contribution in [0.5, 0.6) is 11.5 Å². The fourth-order valence-electron chi connectivity index (χ4n) is 4.70. The van der Waals surface area contributed by atoms with Crippen molar-refractivity contribution in [2.45, 2.75) is 63.1 Å². The van der Waals surface area contributed by atoms with Crippen molar-refractivity contribution < 1.29 is 19.0 Å². The third-order valence-electron chi connectivity index (χ3n) is 6.21. The first kappa shape index (κ1) is 18.2. The molecule has 0 amide bonds. The van der Waals surface area contributed by atoms with Gasteiger partial charge in [-0.05, 0) is 31.1 Å². The average Bonchev–Trinajstić information content (AvgIpc) is 3.00. The summed E-state index contributed by atoms with van der Waals surface area (Å²) in [6, 6.07) is 4.11. The maximum atomic E-state index is 12.1. The van der Waals surface area contributed by atoms with Crippen LogP contribution >= 0.6 is 0 Å². The minimum absolute atomic E-state index is 0.0188. The number of hydrogen-bond acceptors (Lipinski definition) is 5. The first-order chi connectivity index (χ1) is 13.1. The van der Waals surface area contributed by atoms with Gasteiger partial charge in [-0.25, -0.2) is 0 Å². The van der Waals surface area contributed by atoms with Crippen LogP contribution in [0.3, 0.4) is 0 Å². The minimum Gasteiger partial charge on any atom is -0.493 e. The molecule has 5 heteroatoms. The van der Waals surface area contributed by atoms with E-state index in [0.29, 0.717) is 12.8 Å². The normalized spacial score (nSPS) is 27.6. The van der Waals surface area contributed by atoms with Gasteiger partial charge in [0.15, 0.2) is 11.5 Å². The Kier molecular flexibility index (Phi) is 4.79. The van der Waals surface area contributed by atoms with E-state index in [-0.39, 0.29) is 23.6 Å². The number of carbonyl (C=O) groups is 1. The number of esters is 1. The minimum atomic E-state index is -0.210. The molecule has 1 aliphatic carbocycles. The lowest BCUT2D eigenvalue weighted by molar-refractivity contribution is -0.148. The highest BCUT2D eigenvalue weighted by Gasteiger charge is 2.54. The summed E-state index contributed by atoms with van der Waals surface area (Å²) in [6.45, 7) is 3.11. The molecular weight excluding hydrogens is 342 g/mol. The lowest BCUT2D eigenvalue weighted by Gasteiger charge is -2.42. The van der Waals surface area contributed by atoms with Gasteiger partial charge in [0.1, 0.15) is 12.2 Å². The highest BCUT2D eigenvalue weighted by molar-refractivity contribution is 5.73. The Bertz CT molecular complexity index is 759. The van der Waals surface area contributed by atoms with Gasteiger partial charge in [-0.15, -0.1) is 0 Å². The molecule has 2 aliphatic heterocycles. The van der Waals surface area contributed by atoms with Crippen molar-refractivity contribution in [1.82, 2.24) is 0 Å². The Labute approximate surface area is 161 Å². The smallest absolute Gasteiger partial charge is 0.306 e. The number of nitrogens with zero attached hydrogens (tertiary/aromatic N) is 1. The highest BCUT2D eigenvalue weighted by Crippen LogP contribution is 2.58. The molecule has 0 N–H and O–H groups in total. The van der Waals surface area contributed by atoms with Gasteiger partial charge in [-0.1, -0.05) is 25.8 Å². The summed E-state index contributed by atoms with van der Waals surface area (Å²) < 4.78 is 17.7. The van der Waals surface area contributed by atoms with Crippen LogP contribution in [0.1, 0.15) is 51.0 Å². The predicted octanol–water partition coefficient (Wildman–Crippen LogP) is 3.99. The van der Waals surface area contributed by atoms with E-state index in [2.05, 4.69) is 37.1 Å². The number of unbranched alkanes of at least 4 members (excludes halogenated alkanes) is 2. The van der Waals surface area contributed by atoms with E-state index < -0.39 is 0 Å². The van der Waals surface area contributed by atoms with Crippen LogP contribution in [0, 0.1) is 0 Å². The van der Waals surface area contributed by atoms with Gasteiger partial charge in [0.05, 0.1) is 12.5 Å². The molecule has 3 aliphatic rings. The van der Waals surface area contributed by atoms with Crippen LogP contribution in [0.25, 0.3) is 0 Å². The van der Waals surface area contributed by atoms with Crippen molar-refractivity contribution >= 4 is 11.7 Å². The Morgan fingerprint density at radius 3 is 3.00 bits per heavy atom. The number of rotatable bonds is 6. The lowest BCUT2D eigenvalue weighted by Crippen LogP contribution is -2.47. The number of hydrogen-bond donors (Lipinski definition) is 0. The van der Waals surface area contributed by atoms with E-state index in [1.807, 2.05) is 6.07 Å². The van der Waals surface area contributed by atoms with Crippen molar-refractivity contribution in [2.75, 3.05) is 25.6 Å². The van der Waals surface area contributed by atoms with E-state index in [9.17, 15) is 4.79 Å². The van der Waals surface area contributed by atoms with Crippen molar-refractivity contribution in [3.05, 3.63) is 29.8 Å². The van der Waals surface area contributed by atoms with Crippen molar-refractivity contribution in [1.29, 1.82) is 0 Å². The molecule has 1 aromatic carbocycles. The van der Waals surface area contributed by atoms with E-state index in [1.54, 1.807) is 7.11 Å². The molecule has 0 bridgehead atoms. The summed E-state index contributed by atoms with van der Waals surface area (Å²) in [5, 5.41) is 0. The van der Waals surface area contributed by atoms with Gasteiger partial charge in [0.2, 0.25) is 0 Å². The number of carbonyl (C=O) groups excluding carboxylic acids is 1. The molecule has 5 nitrogen and oxygen atoms in total. The summed E-state index contributed by atoms with van der Waals surface area (Å²) >= 11 is 0. The van der Waals surface area contributed by atoms with Gasteiger partial charge in [-0.3, -0.25) is 4.79 Å². The zero-order valence-corrected chi connectivity index (χ0v) is 16.5. The van der Waals surface area contributed by atoms with Gasteiger partial charge in [-0.2, -0.15) is 0 Å². The van der Waals surface area contributed by atoms with Crippen LogP contribution in [-0.4, -0.2) is 38.9 Å². The third-order valence-corrected chi connectivity index (χ3v) is 6.21. The first-order valence-electron chi connectivity index (χ1n) is 10.1. The number of benzene rings is 1. The molecule has 3 atom stereocenters. The monoisotopic (exact) mass is 371 g/mol. The second kappa shape index (κ2) is 7.10. The molecule has 0 aromatic heterocycles. The molecule has 1 unspecified atom stereocenters. The molecule has 4 rings (SSSR count). The molecule has 2 heterocycles. The molecule has 0 saturated carbocycles. The van der Waals surface area contributed by atoms with Gasteiger partial charge < -0.3 is 19.1 Å². The van der Waals surface area contributed by atoms with E-state index >= 15 is 0 Å². The fourth-order valence-corrected chi connectivity index (χ4v) is 4.70. The summed E-state index contributed by atoms with van der Waals surface area (Å²) in [5.41, 5.74) is 2.29. The van der Waals surface area contributed by atoms with E-state index in [4.69, 9.17) is 14.2 Å². The summed E-state index contributed by atoms with van der Waals surface area (Å²) in [5.74, 6) is 1.52. The second-order valence-electron chi connectivity index (χ2n) is 7.89. The lowest BCUT2D eigenvalue weighted by atomic mass is 9.67. The number of methoxy groups -OCH3 is 1. The number of ether oxygens (including phenoxy) is 3. The summed E-state index contributed by atoms with van der Waals surface area (Å²) in [4.78, 5) is 14.4. The van der Waals surface area contributed by atoms with Crippen molar-refractivity contribution in [3.63, 3.8) is 0 Å².